The molecule has 0 saturated heterocycles. The molecule has 0 unspecified atom stereocenters. The van der Waals surface area contributed by atoms with Gasteiger partial charge in [-0.3, -0.25) is 4.79 Å². The number of alkyl halides is 3. The fourth-order valence-corrected chi connectivity index (χ4v) is 2.49. The molecule has 0 spiro atoms. The Kier molecular flexibility index (Phi) is 3.78. The lowest BCUT2D eigenvalue weighted by Gasteiger charge is -2.33. The highest BCUT2D eigenvalue weighted by molar-refractivity contribution is 9.10. The lowest BCUT2D eigenvalue weighted by atomic mass is 9.69. The molecule has 20 heavy (non-hydrogen) atoms. The van der Waals surface area contributed by atoms with Gasteiger partial charge in [-0.2, -0.15) is 18.4 Å². The first kappa shape index (κ1) is 14.9. The third-order valence-electron chi connectivity index (χ3n) is 3.34. The molecule has 1 fully saturated rings. The van der Waals surface area contributed by atoms with Gasteiger partial charge >= 0.3 is 6.18 Å². The van der Waals surface area contributed by atoms with E-state index in [1.54, 1.807) is 0 Å². The summed E-state index contributed by atoms with van der Waals surface area (Å²) in [5.41, 5.74) is -1.93. The quantitative estimate of drug-likeness (QED) is 0.876. The molecule has 1 amide bonds. The van der Waals surface area contributed by atoms with Crippen LogP contribution in [0, 0.1) is 16.7 Å². The van der Waals surface area contributed by atoms with Crippen LogP contribution in [0.3, 0.4) is 0 Å². The molecule has 1 aliphatic carbocycles. The van der Waals surface area contributed by atoms with E-state index in [0.717, 1.165) is 18.6 Å². The van der Waals surface area contributed by atoms with Crippen molar-refractivity contribution in [1.82, 2.24) is 0 Å². The third-order valence-corrected chi connectivity index (χ3v) is 3.80. The van der Waals surface area contributed by atoms with Crippen LogP contribution in [-0.4, -0.2) is 5.91 Å². The van der Waals surface area contributed by atoms with E-state index in [-0.39, 0.29) is 10.2 Å². The number of carbonyl (C=O) groups is 1. The Labute approximate surface area is 121 Å². The van der Waals surface area contributed by atoms with Gasteiger partial charge in [0.1, 0.15) is 5.41 Å². The Morgan fingerprint density at radius 3 is 2.45 bits per heavy atom. The maximum atomic E-state index is 12.7. The van der Waals surface area contributed by atoms with Gasteiger partial charge in [-0.25, -0.2) is 0 Å². The predicted molar refractivity (Wildman–Crippen MR) is 69.7 cm³/mol. The number of nitrogens with zero attached hydrogens (tertiary/aromatic N) is 1. The second-order valence-corrected chi connectivity index (χ2v) is 5.64. The fraction of sp³-hybridized carbons (Fsp3) is 0.385. The van der Waals surface area contributed by atoms with Gasteiger partial charge in [-0.05, 0) is 37.5 Å². The summed E-state index contributed by atoms with van der Waals surface area (Å²) in [6.45, 7) is 0. The molecule has 0 bridgehead atoms. The van der Waals surface area contributed by atoms with Gasteiger partial charge in [0.2, 0.25) is 5.91 Å². The second kappa shape index (κ2) is 5.09. The zero-order chi connectivity index (χ0) is 15.0. The van der Waals surface area contributed by atoms with Crippen molar-refractivity contribution >= 4 is 27.5 Å². The minimum atomic E-state index is -4.49. The average molecular weight is 347 g/mol. The summed E-state index contributed by atoms with van der Waals surface area (Å²) in [4.78, 5) is 12.0. The molecular weight excluding hydrogens is 337 g/mol. The van der Waals surface area contributed by atoms with Crippen molar-refractivity contribution in [2.45, 2.75) is 25.4 Å². The fourth-order valence-electron chi connectivity index (χ4n) is 2.00. The normalized spacial score (nSPS) is 16.9. The summed E-state index contributed by atoms with van der Waals surface area (Å²) in [6.07, 6.45) is -2.84. The summed E-state index contributed by atoms with van der Waals surface area (Å²) < 4.78 is 38.2. The van der Waals surface area contributed by atoms with Crippen LogP contribution in [0.1, 0.15) is 24.8 Å². The number of carbonyl (C=O) groups excluding carboxylic acids is 1. The topological polar surface area (TPSA) is 52.9 Å². The van der Waals surface area contributed by atoms with Crippen molar-refractivity contribution in [2.75, 3.05) is 5.32 Å². The SMILES string of the molecule is N#CC1(C(=O)Nc2cc(Br)cc(C(F)(F)F)c2)CCC1. The van der Waals surface area contributed by atoms with E-state index in [2.05, 4.69) is 21.2 Å². The van der Waals surface area contributed by atoms with Crippen molar-refractivity contribution in [3.05, 3.63) is 28.2 Å². The van der Waals surface area contributed by atoms with Crippen LogP contribution < -0.4 is 5.32 Å². The van der Waals surface area contributed by atoms with Gasteiger partial charge in [0, 0.05) is 10.2 Å². The van der Waals surface area contributed by atoms with Crippen LogP contribution in [0.15, 0.2) is 22.7 Å². The van der Waals surface area contributed by atoms with Crippen LogP contribution in [-0.2, 0) is 11.0 Å². The largest absolute Gasteiger partial charge is 0.416 e. The lowest BCUT2D eigenvalue weighted by Crippen LogP contribution is -2.40. The smallest absolute Gasteiger partial charge is 0.325 e. The molecule has 0 aromatic heterocycles. The van der Waals surface area contributed by atoms with E-state index in [1.807, 2.05) is 6.07 Å². The monoisotopic (exact) mass is 346 g/mol. The minimum absolute atomic E-state index is 0.0261. The second-order valence-electron chi connectivity index (χ2n) is 4.73. The van der Waals surface area contributed by atoms with Gasteiger partial charge in [-0.1, -0.05) is 15.9 Å². The van der Waals surface area contributed by atoms with Gasteiger partial charge in [0.05, 0.1) is 11.6 Å². The molecular formula is C13H10BrF3N2O. The molecule has 0 aliphatic heterocycles. The van der Waals surface area contributed by atoms with Gasteiger partial charge in [0.15, 0.2) is 0 Å². The molecule has 1 aromatic rings. The van der Waals surface area contributed by atoms with E-state index in [9.17, 15) is 18.0 Å². The van der Waals surface area contributed by atoms with E-state index < -0.39 is 23.1 Å². The number of amides is 1. The molecule has 106 valence electrons. The number of hydrogen-bond donors (Lipinski definition) is 1. The summed E-state index contributed by atoms with van der Waals surface area (Å²) in [7, 11) is 0. The Morgan fingerprint density at radius 1 is 1.35 bits per heavy atom. The maximum absolute atomic E-state index is 12.7. The number of halogens is 4. The van der Waals surface area contributed by atoms with E-state index in [1.165, 1.54) is 6.07 Å². The number of anilines is 1. The molecule has 0 radical (unpaired) electrons. The summed E-state index contributed by atoms with van der Waals surface area (Å²) >= 11 is 2.98. The highest BCUT2D eigenvalue weighted by atomic mass is 79.9. The molecule has 3 nitrogen and oxygen atoms in total. The Balaban J connectivity index is 2.24. The van der Waals surface area contributed by atoms with Gasteiger partial charge in [0.25, 0.3) is 0 Å². The molecule has 1 aromatic carbocycles. The molecule has 1 N–H and O–H groups in total. The van der Waals surface area contributed by atoms with Crippen LogP contribution in [0.4, 0.5) is 18.9 Å². The summed E-state index contributed by atoms with van der Waals surface area (Å²) in [5.74, 6) is -0.544. The molecule has 1 saturated carbocycles. The first-order chi connectivity index (χ1) is 9.27. The zero-order valence-electron chi connectivity index (χ0n) is 10.2. The standard InChI is InChI=1S/C13H10BrF3N2O/c14-9-4-8(13(15,16)17)5-10(6-9)19-11(20)12(7-18)2-1-3-12/h4-6H,1-3H2,(H,19,20). The van der Waals surface area contributed by atoms with Gasteiger partial charge in [-0.15, -0.1) is 0 Å². The summed E-state index contributed by atoms with van der Waals surface area (Å²) in [5, 5.41) is 11.4. The van der Waals surface area contributed by atoms with Crippen LogP contribution in [0.2, 0.25) is 0 Å². The minimum Gasteiger partial charge on any atom is -0.325 e. The Bertz CT molecular complexity index is 588. The molecule has 0 heterocycles. The predicted octanol–water partition coefficient (Wildman–Crippen LogP) is 4.10. The van der Waals surface area contributed by atoms with Crippen molar-refractivity contribution in [3.63, 3.8) is 0 Å². The summed E-state index contributed by atoms with van der Waals surface area (Å²) in [6, 6.07) is 5.10. The first-order valence-electron chi connectivity index (χ1n) is 5.87. The number of nitriles is 1. The van der Waals surface area contributed by atoms with Crippen LogP contribution >= 0.6 is 15.9 Å². The Morgan fingerprint density at radius 2 is 2.00 bits per heavy atom. The highest BCUT2D eigenvalue weighted by Gasteiger charge is 2.44. The first-order valence-corrected chi connectivity index (χ1v) is 6.67. The highest BCUT2D eigenvalue weighted by Crippen LogP contribution is 2.41. The molecule has 0 atom stereocenters. The van der Waals surface area contributed by atoms with E-state index >= 15 is 0 Å². The maximum Gasteiger partial charge on any atom is 0.416 e. The van der Waals surface area contributed by atoms with Crippen molar-refractivity contribution < 1.29 is 18.0 Å². The molecule has 7 heteroatoms. The number of nitrogens with one attached hydrogen (secondary N) is 1. The molecule has 1 aliphatic rings. The van der Waals surface area contributed by atoms with Crippen molar-refractivity contribution in [3.8, 4) is 6.07 Å². The number of benzene rings is 1. The number of rotatable bonds is 2. The zero-order valence-corrected chi connectivity index (χ0v) is 11.8. The number of hydrogen-bond acceptors (Lipinski definition) is 2. The van der Waals surface area contributed by atoms with E-state index in [0.29, 0.717) is 12.8 Å². The molecule has 2 rings (SSSR count). The van der Waals surface area contributed by atoms with Gasteiger partial charge < -0.3 is 5.32 Å². The van der Waals surface area contributed by atoms with Crippen molar-refractivity contribution in [1.29, 1.82) is 5.26 Å². The van der Waals surface area contributed by atoms with Crippen LogP contribution in [0.5, 0.6) is 0 Å². The van der Waals surface area contributed by atoms with Crippen LogP contribution in [0.25, 0.3) is 0 Å². The Hall–Kier alpha value is -1.55. The van der Waals surface area contributed by atoms with E-state index in [4.69, 9.17) is 5.26 Å². The third kappa shape index (κ3) is 2.80. The lowest BCUT2D eigenvalue weighted by molar-refractivity contribution is -0.137. The average Bonchev–Trinajstić information content (AvgIpc) is 2.26. The van der Waals surface area contributed by atoms with Crippen molar-refractivity contribution in [2.24, 2.45) is 5.41 Å².